The number of nitrogens with one attached hydrogen (secondary N) is 2. The number of amides is 1. The van der Waals surface area contributed by atoms with Crippen molar-refractivity contribution in [3.63, 3.8) is 0 Å². The lowest BCUT2D eigenvalue weighted by molar-refractivity contribution is -0.384. The molecule has 0 saturated heterocycles. The quantitative estimate of drug-likeness (QED) is 0.562. The number of hydrogen-bond acceptors (Lipinski definition) is 5. The maximum absolute atomic E-state index is 12.7. The molecule has 10 heteroatoms. The van der Waals surface area contributed by atoms with Gasteiger partial charge in [0.15, 0.2) is 0 Å². The van der Waals surface area contributed by atoms with Gasteiger partial charge in [-0.2, -0.15) is 13.2 Å². The minimum absolute atomic E-state index is 0.0111. The lowest BCUT2D eigenvalue weighted by Gasteiger charge is -2.14. The summed E-state index contributed by atoms with van der Waals surface area (Å²) in [5, 5.41) is 16.4. The number of halogens is 3. The van der Waals surface area contributed by atoms with Crippen LogP contribution in [0.4, 0.5) is 24.5 Å². The first-order valence-electron chi connectivity index (χ1n) is 7.97. The van der Waals surface area contributed by atoms with Crippen molar-refractivity contribution in [2.45, 2.75) is 25.6 Å². The number of alkyl halides is 3. The topological polar surface area (TPSA) is 97.2 Å². The monoisotopic (exact) mass is 382 g/mol. The molecule has 1 amide bonds. The number of benzene rings is 1. The summed E-state index contributed by atoms with van der Waals surface area (Å²) in [6.45, 7) is 1.81. The van der Waals surface area contributed by atoms with E-state index in [9.17, 15) is 28.1 Å². The first-order chi connectivity index (χ1) is 12.7. The number of anilines is 1. The van der Waals surface area contributed by atoms with Crippen molar-refractivity contribution in [3.8, 4) is 0 Å². The van der Waals surface area contributed by atoms with Gasteiger partial charge in [-0.05, 0) is 30.7 Å². The van der Waals surface area contributed by atoms with Crippen LogP contribution in [0.1, 0.15) is 30.5 Å². The van der Waals surface area contributed by atoms with Crippen molar-refractivity contribution >= 4 is 17.3 Å². The van der Waals surface area contributed by atoms with Gasteiger partial charge in [-0.15, -0.1) is 0 Å². The Kier molecular flexibility index (Phi) is 6.32. The fourth-order valence-electron chi connectivity index (χ4n) is 2.35. The highest BCUT2D eigenvalue weighted by molar-refractivity contribution is 5.77. The summed E-state index contributed by atoms with van der Waals surface area (Å²) >= 11 is 0. The van der Waals surface area contributed by atoms with E-state index < -0.39 is 22.4 Å². The summed E-state index contributed by atoms with van der Waals surface area (Å²) in [6.07, 6.45) is -1.46. The van der Waals surface area contributed by atoms with E-state index in [1.165, 1.54) is 0 Å². The molecular formula is C17H17F3N4O3. The predicted molar refractivity (Wildman–Crippen MR) is 92.0 cm³/mol. The van der Waals surface area contributed by atoms with E-state index in [0.29, 0.717) is 6.07 Å². The molecule has 1 atom stereocenters. The number of carbonyl (C=O) groups excluding carboxylic acids is 1. The largest absolute Gasteiger partial charge is 0.416 e. The molecule has 0 saturated carbocycles. The van der Waals surface area contributed by atoms with E-state index in [2.05, 4.69) is 15.6 Å². The number of pyridine rings is 1. The van der Waals surface area contributed by atoms with Crippen LogP contribution in [0.5, 0.6) is 0 Å². The second-order valence-corrected chi connectivity index (χ2v) is 5.74. The molecule has 2 aromatic rings. The highest BCUT2D eigenvalue weighted by Gasteiger charge is 2.33. The SMILES string of the molecule is CC(NC(=O)CCNc1ccc(C(F)(F)F)cc1[N+](=O)[O-])c1cccnc1. The van der Waals surface area contributed by atoms with Crippen LogP contribution in [0.25, 0.3) is 0 Å². The smallest absolute Gasteiger partial charge is 0.379 e. The van der Waals surface area contributed by atoms with Gasteiger partial charge < -0.3 is 10.6 Å². The summed E-state index contributed by atoms with van der Waals surface area (Å²) in [4.78, 5) is 26.0. The summed E-state index contributed by atoms with van der Waals surface area (Å²) in [7, 11) is 0. The second-order valence-electron chi connectivity index (χ2n) is 5.74. The molecular weight excluding hydrogens is 365 g/mol. The third kappa shape index (κ3) is 5.66. The average Bonchev–Trinajstić information content (AvgIpc) is 2.61. The first kappa shape index (κ1) is 20.1. The van der Waals surface area contributed by atoms with Gasteiger partial charge in [-0.3, -0.25) is 19.9 Å². The Morgan fingerprint density at radius 2 is 2.07 bits per heavy atom. The summed E-state index contributed by atoms with van der Waals surface area (Å²) in [5.74, 6) is -0.312. The maximum atomic E-state index is 12.7. The van der Waals surface area contributed by atoms with Crippen LogP contribution in [-0.2, 0) is 11.0 Å². The van der Waals surface area contributed by atoms with Gasteiger partial charge in [0.05, 0.1) is 16.5 Å². The molecule has 0 radical (unpaired) electrons. The Morgan fingerprint density at radius 1 is 1.33 bits per heavy atom. The number of nitro benzene ring substituents is 1. The van der Waals surface area contributed by atoms with E-state index in [-0.39, 0.29) is 30.6 Å². The molecule has 0 aliphatic rings. The maximum Gasteiger partial charge on any atom is 0.416 e. The Hall–Kier alpha value is -3.17. The number of rotatable bonds is 7. The van der Waals surface area contributed by atoms with Gasteiger partial charge >= 0.3 is 6.18 Å². The average molecular weight is 382 g/mol. The van der Waals surface area contributed by atoms with Crippen LogP contribution in [0.15, 0.2) is 42.7 Å². The van der Waals surface area contributed by atoms with Crippen molar-refractivity contribution in [1.82, 2.24) is 10.3 Å². The van der Waals surface area contributed by atoms with E-state index in [1.54, 1.807) is 25.4 Å². The van der Waals surface area contributed by atoms with Gasteiger partial charge in [0.1, 0.15) is 5.69 Å². The third-order valence-corrected chi connectivity index (χ3v) is 3.75. The van der Waals surface area contributed by atoms with E-state index in [0.717, 1.165) is 17.7 Å². The number of nitrogens with zero attached hydrogens (tertiary/aromatic N) is 2. The Morgan fingerprint density at radius 3 is 2.67 bits per heavy atom. The van der Waals surface area contributed by atoms with Crippen LogP contribution in [-0.4, -0.2) is 22.4 Å². The Balaban J connectivity index is 1.94. The van der Waals surface area contributed by atoms with Gasteiger partial charge in [0.25, 0.3) is 5.69 Å². The molecule has 2 rings (SSSR count). The highest BCUT2D eigenvalue weighted by atomic mass is 19.4. The van der Waals surface area contributed by atoms with Crippen molar-refractivity contribution in [2.24, 2.45) is 0 Å². The van der Waals surface area contributed by atoms with Gasteiger partial charge in [-0.25, -0.2) is 0 Å². The molecule has 0 spiro atoms. The van der Waals surface area contributed by atoms with Crippen LogP contribution < -0.4 is 10.6 Å². The van der Waals surface area contributed by atoms with Crippen molar-refractivity contribution in [2.75, 3.05) is 11.9 Å². The van der Waals surface area contributed by atoms with E-state index in [1.807, 2.05) is 6.07 Å². The molecule has 1 heterocycles. The molecule has 0 bridgehead atoms. The van der Waals surface area contributed by atoms with Crippen molar-refractivity contribution < 1.29 is 22.9 Å². The normalized spacial score (nSPS) is 12.3. The lowest BCUT2D eigenvalue weighted by atomic mass is 10.1. The standard InChI is InChI=1S/C17H17F3N4O3/c1-11(12-3-2-7-21-10-12)23-16(25)6-8-22-14-5-4-13(17(18,19)20)9-15(14)24(26)27/h2-5,7,9-11,22H,6,8H2,1H3,(H,23,25). The van der Waals surface area contributed by atoms with Crippen LogP contribution in [0.2, 0.25) is 0 Å². The molecule has 7 nitrogen and oxygen atoms in total. The van der Waals surface area contributed by atoms with Gasteiger partial charge in [-0.1, -0.05) is 6.07 Å². The van der Waals surface area contributed by atoms with Crippen LogP contribution in [0, 0.1) is 10.1 Å². The van der Waals surface area contributed by atoms with Crippen molar-refractivity contribution in [3.05, 3.63) is 64.0 Å². The molecule has 2 N–H and O–H groups in total. The lowest BCUT2D eigenvalue weighted by Crippen LogP contribution is -2.28. The molecule has 0 aliphatic heterocycles. The van der Waals surface area contributed by atoms with Crippen molar-refractivity contribution in [1.29, 1.82) is 0 Å². The van der Waals surface area contributed by atoms with Gasteiger partial charge in [0.2, 0.25) is 5.91 Å². The Labute approximate surface area is 152 Å². The molecule has 1 aromatic heterocycles. The first-order valence-corrected chi connectivity index (χ1v) is 7.97. The number of aromatic nitrogens is 1. The predicted octanol–water partition coefficient (Wildman–Crippen LogP) is 3.69. The zero-order chi connectivity index (χ0) is 20.0. The zero-order valence-corrected chi connectivity index (χ0v) is 14.3. The Bertz CT molecular complexity index is 813. The fourth-order valence-corrected chi connectivity index (χ4v) is 2.35. The third-order valence-electron chi connectivity index (χ3n) is 3.75. The van der Waals surface area contributed by atoms with E-state index >= 15 is 0 Å². The molecule has 1 unspecified atom stereocenters. The molecule has 144 valence electrons. The number of nitro groups is 1. The fraction of sp³-hybridized carbons (Fsp3) is 0.294. The van der Waals surface area contributed by atoms with Crippen LogP contribution in [0.3, 0.4) is 0 Å². The van der Waals surface area contributed by atoms with E-state index in [4.69, 9.17) is 0 Å². The zero-order valence-electron chi connectivity index (χ0n) is 14.3. The summed E-state index contributed by atoms with van der Waals surface area (Å²) in [6, 6.07) is 5.47. The molecule has 0 fully saturated rings. The minimum atomic E-state index is -4.67. The summed E-state index contributed by atoms with van der Waals surface area (Å²) in [5.41, 5.74) is -1.07. The molecule has 27 heavy (non-hydrogen) atoms. The van der Waals surface area contributed by atoms with Gasteiger partial charge in [0, 0.05) is 31.4 Å². The molecule has 1 aromatic carbocycles. The second kappa shape index (κ2) is 8.47. The van der Waals surface area contributed by atoms with Crippen LogP contribution >= 0.6 is 0 Å². The number of hydrogen-bond donors (Lipinski definition) is 2. The minimum Gasteiger partial charge on any atom is -0.379 e. The summed E-state index contributed by atoms with van der Waals surface area (Å²) < 4.78 is 38.0. The number of carbonyl (C=O) groups is 1. The highest BCUT2D eigenvalue weighted by Crippen LogP contribution is 2.34. The molecule has 0 aliphatic carbocycles.